The number of benzene rings is 1. The van der Waals surface area contributed by atoms with Gasteiger partial charge in [-0.2, -0.15) is 5.10 Å². The number of carbonyl (C=O) groups excluding carboxylic acids is 1. The molecule has 132 valence electrons. The Labute approximate surface area is 143 Å². The molecule has 1 aliphatic rings. The van der Waals surface area contributed by atoms with Crippen molar-refractivity contribution in [2.24, 2.45) is 0 Å². The van der Waals surface area contributed by atoms with E-state index in [-0.39, 0.29) is 5.69 Å². The van der Waals surface area contributed by atoms with Crippen molar-refractivity contribution in [1.29, 1.82) is 0 Å². The van der Waals surface area contributed by atoms with Gasteiger partial charge in [0.2, 0.25) is 0 Å². The van der Waals surface area contributed by atoms with Gasteiger partial charge in [0.1, 0.15) is 11.3 Å². The van der Waals surface area contributed by atoms with Crippen LogP contribution < -0.4 is 4.90 Å². The molecular weight excluding hydrogens is 328 g/mol. The zero-order valence-electron chi connectivity index (χ0n) is 14.0. The third-order valence-corrected chi connectivity index (χ3v) is 4.08. The fourth-order valence-electron chi connectivity index (χ4n) is 2.77. The molecule has 0 N–H and O–H groups in total. The predicted molar refractivity (Wildman–Crippen MR) is 89.3 cm³/mol. The number of esters is 1. The lowest BCUT2D eigenvalue weighted by atomic mass is 10.2. The first kappa shape index (κ1) is 16.9. The second-order valence-electron chi connectivity index (χ2n) is 5.59. The van der Waals surface area contributed by atoms with E-state index in [1.165, 1.54) is 24.1 Å². The molecule has 1 aliphatic heterocycles. The summed E-state index contributed by atoms with van der Waals surface area (Å²) in [5.41, 5.74) is 1.86. The van der Waals surface area contributed by atoms with Crippen LogP contribution in [0.15, 0.2) is 24.4 Å². The van der Waals surface area contributed by atoms with Crippen LogP contribution in [-0.2, 0) is 9.47 Å². The molecule has 1 aromatic carbocycles. The standard InChI is InChI=1S/C16H18N4O5/c1-11-13(16(21)24-2)10-19(17-11)12-3-4-14(15(9-12)20(22)23)18-5-7-25-8-6-18/h3-4,9-10H,5-8H2,1-2H3. The van der Waals surface area contributed by atoms with Crippen LogP contribution in [0.1, 0.15) is 16.1 Å². The highest BCUT2D eigenvalue weighted by atomic mass is 16.6. The highest BCUT2D eigenvalue weighted by molar-refractivity contribution is 5.90. The van der Waals surface area contributed by atoms with Crippen LogP contribution >= 0.6 is 0 Å². The molecule has 0 aliphatic carbocycles. The monoisotopic (exact) mass is 346 g/mol. The highest BCUT2D eigenvalue weighted by Crippen LogP contribution is 2.31. The van der Waals surface area contributed by atoms with Gasteiger partial charge in [0.05, 0.1) is 36.6 Å². The number of methoxy groups -OCH3 is 1. The number of ether oxygens (including phenoxy) is 2. The molecule has 2 heterocycles. The Morgan fingerprint density at radius 1 is 1.36 bits per heavy atom. The van der Waals surface area contributed by atoms with E-state index in [0.717, 1.165) is 0 Å². The van der Waals surface area contributed by atoms with Gasteiger partial charge in [-0.3, -0.25) is 10.1 Å². The minimum atomic E-state index is -0.497. The van der Waals surface area contributed by atoms with Crippen molar-refractivity contribution in [2.75, 3.05) is 38.3 Å². The molecule has 1 fully saturated rings. The van der Waals surface area contributed by atoms with Gasteiger partial charge in [0.25, 0.3) is 5.69 Å². The maximum absolute atomic E-state index is 11.7. The van der Waals surface area contributed by atoms with Gasteiger partial charge < -0.3 is 14.4 Å². The molecule has 0 radical (unpaired) electrons. The number of hydrogen-bond acceptors (Lipinski definition) is 7. The van der Waals surface area contributed by atoms with Gasteiger partial charge in [0, 0.05) is 25.4 Å². The minimum Gasteiger partial charge on any atom is -0.465 e. The molecule has 25 heavy (non-hydrogen) atoms. The molecule has 1 aromatic heterocycles. The zero-order valence-corrected chi connectivity index (χ0v) is 14.0. The molecule has 9 heteroatoms. The third-order valence-electron chi connectivity index (χ3n) is 4.08. The van der Waals surface area contributed by atoms with Crippen LogP contribution in [0.25, 0.3) is 5.69 Å². The van der Waals surface area contributed by atoms with E-state index < -0.39 is 10.9 Å². The van der Waals surface area contributed by atoms with Crippen LogP contribution in [-0.4, -0.2) is 54.1 Å². The molecule has 0 bridgehead atoms. The maximum atomic E-state index is 11.7. The lowest BCUT2D eigenvalue weighted by Crippen LogP contribution is -2.36. The van der Waals surface area contributed by atoms with E-state index in [1.807, 2.05) is 4.90 Å². The minimum absolute atomic E-state index is 0.00725. The Balaban J connectivity index is 1.99. The summed E-state index contributed by atoms with van der Waals surface area (Å²) in [6.45, 7) is 3.97. The number of nitro groups is 1. The fraction of sp³-hybridized carbons (Fsp3) is 0.375. The summed E-state index contributed by atoms with van der Waals surface area (Å²) in [5.74, 6) is -0.497. The van der Waals surface area contributed by atoms with E-state index in [4.69, 9.17) is 9.47 Å². The van der Waals surface area contributed by atoms with Crippen LogP contribution in [0.2, 0.25) is 0 Å². The number of hydrogen-bond donors (Lipinski definition) is 0. The van der Waals surface area contributed by atoms with E-state index >= 15 is 0 Å². The SMILES string of the molecule is COC(=O)c1cn(-c2ccc(N3CCOCC3)c([N+](=O)[O-])c2)nc1C. The summed E-state index contributed by atoms with van der Waals surface area (Å²) in [5, 5.41) is 15.8. The first-order chi connectivity index (χ1) is 12.0. The summed E-state index contributed by atoms with van der Waals surface area (Å²) in [6.07, 6.45) is 1.51. The van der Waals surface area contributed by atoms with Gasteiger partial charge in [-0.25, -0.2) is 9.48 Å². The Morgan fingerprint density at radius 3 is 2.72 bits per heavy atom. The van der Waals surface area contributed by atoms with Crippen molar-refractivity contribution < 1.29 is 19.2 Å². The first-order valence-electron chi connectivity index (χ1n) is 7.77. The molecule has 0 atom stereocenters. The number of rotatable bonds is 4. The summed E-state index contributed by atoms with van der Waals surface area (Å²) in [7, 11) is 1.29. The average Bonchev–Trinajstić information content (AvgIpc) is 3.03. The smallest absolute Gasteiger partial charge is 0.341 e. The van der Waals surface area contributed by atoms with Crippen LogP contribution in [0, 0.1) is 17.0 Å². The average molecular weight is 346 g/mol. The number of aryl methyl sites for hydroxylation is 1. The molecule has 2 aromatic rings. The summed E-state index contributed by atoms with van der Waals surface area (Å²) >= 11 is 0. The summed E-state index contributed by atoms with van der Waals surface area (Å²) in [4.78, 5) is 24.8. The fourth-order valence-corrected chi connectivity index (χ4v) is 2.77. The van der Waals surface area contributed by atoms with E-state index in [1.54, 1.807) is 19.1 Å². The van der Waals surface area contributed by atoms with Gasteiger partial charge in [-0.15, -0.1) is 0 Å². The van der Waals surface area contributed by atoms with Crippen LogP contribution in [0.5, 0.6) is 0 Å². The highest BCUT2D eigenvalue weighted by Gasteiger charge is 2.23. The normalized spacial score (nSPS) is 14.4. The van der Waals surface area contributed by atoms with E-state index in [2.05, 4.69) is 5.10 Å². The van der Waals surface area contributed by atoms with Gasteiger partial charge in [-0.1, -0.05) is 0 Å². The topological polar surface area (TPSA) is 99.7 Å². The Morgan fingerprint density at radius 2 is 2.08 bits per heavy atom. The number of nitrogens with zero attached hydrogens (tertiary/aromatic N) is 4. The summed E-state index contributed by atoms with van der Waals surface area (Å²) in [6, 6.07) is 4.90. The molecule has 1 saturated heterocycles. The van der Waals surface area contributed by atoms with Crippen molar-refractivity contribution in [2.45, 2.75) is 6.92 Å². The van der Waals surface area contributed by atoms with Crippen molar-refractivity contribution in [3.63, 3.8) is 0 Å². The maximum Gasteiger partial charge on any atom is 0.341 e. The molecule has 3 rings (SSSR count). The number of nitro benzene ring substituents is 1. The number of anilines is 1. The van der Waals surface area contributed by atoms with Crippen molar-refractivity contribution in [1.82, 2.24) is 9.78 Å². The Kier molecular flexibility index (Phi) is 4.66. The second-order valence-corrected chi connectivity index (χ2v) is 5.59. The molecule has 0 saturated carbocycles. The van der Waals surface area contributed by atoms with Gasteiger partial charge in [0.15, 0.2) is 0 Å². The zero-order chi connectivity index (χ0) is 18.0. The predicted octanol–water partition coefficient (Wildman–Crippen LogP) is 1.71. The lowest BCUT2D eigenvalue weighted by Gasteiger charge is -2.28. The second kappa shape index (κ2) is 6.89. The third kappa shape index (κ3) is 3.31. The van der Waals surface area contributed by atoms with Crippen molar-refractivity contribution in [3.8, 4) is 5.69 Å². The quantitative estimate of drug-likeness (QED) is 0.472. The van der Waals surface area contributed by atoms with E-state index in [0.29, 0.717) is 48.9 Å². The summed E-state index contributed by atoms with van der Waals surface area (Å²) < 4.78 is 11.4. The number of aromatic nitrogens is 2. The number of carbonyl (C=O) groups is 1. The lowest BCUT2D eigenvalue weighted by molar-refractivity contribution is -0.384. The molecule has 9 nitrogen and oxygen atoms in total. The number of morpholine rings is 1. The largest absolute Gasteiger partial charge is 0.465 e. The molecular formula is C16H18N4O5. The Hall–Kier alpha value is -2.94. The van der Waals surface area contributed by atoms with Crippen LogP contribution in [0.4, 0.5) is 11.4 Å². The Bertz CT molecular complexity index is 811. The van der Waals surface area contributed by atoms with Crippen molar-refractivity contribution >= 4 is 17.3 Å². The van der Waals surface area contributed by atoms with Gasteiger partial charge in [-0.05, 0) is 19.1 Å². The molecule has 0 unspecified atom stereocenters. The van der Waals surface area contributed by atoms with Crippen molar-refractivity contribution in [3.05, 3.63) is 45.8 Å². The van der Waals surface area contributed by atoms with E-state index in [9.17, 15) is 14.9 Å². The molecule has 0 amide bonds. The first-order valence-corrected chi connectivity index (χ1v) is 7.77. The van der Waals surface area contributed by atoms with Gasteiger partial charge >= 0.3 is 5.97 Å². The van der Waals surface area contributed by atoms with Crippen LogP contribution in [0.3, 0.4) is 0 Å². The molecule has 0 spiro atoms.